The summed E-state index contributed by atoms with van der Waals surface area (Å²) in [5, 5.41) is 3.08. The lowest BCUT2D eigenvalue weighted by Gasteiger charge is -2.23. The second-order valence-corrected chi connectivity index (χ2v) is 5.51. The van der Waals surface area contributed by atoms with Crippen molar-refractivity contribution in [1.82, 2.24) is 10.2 Å². The predicted octanol–water partition coefficient (Wildman–Crippen LogP) is 2.22. The van der Waals surface area contributed by atoms with Gasteiger partial charge in [0.05, 0.1) is 13.2 Å². The van der Waals surface area contributed by atoms with Crippen molar-refractivity contribution in [2.75, 3.05) is 33.4 Å². The Hall–Kier alpha value is -1.17. The molecule has 0 bridgehead atoms. The summed E-state index contributed by atoms with van der Waals surface area (Å²) in [5.41, 5.74) is 0.960. The predicted molar refractivity (Wildman–Crippen MR) is 86.5 cm³/mol. The molecule has 2 rings (SSSR count). The summed E-state index contributed by atoms with van der Waals surface area (Å²) >= 11 is 0. The molecule has 1 aromatic carbocycles. The topological polar surface area (TPSA) is 41.6 Å². The van der Waals surface area contributed by atoms with Crippen LogP contribution in [0.2, 0.25) is 0 Å². The van der Waals surface area contributed by atoms with Gasteiger partial charge >= 0.3 is 0 Å². The molecule has 1 aromatic rings. The van der Waals surface area contributed by atoms with Gasteiger partial charge in [-0.1, -0.05) is 12.1 Å². The van der Waals surface area contributed by atoms with E-state index in [9.17, 15) is 9.18 Å². The summed E-state index contributed by atoms with van der Waals surface area (Å²) in [6, 6.07) is 6.35. The van der Waals surface area contributed by atoms with Crippen LogP contribution in [0.4, 0.5) is 4.39 Å². The van der Waals surface area contributed by atoms with E-state index < -0.39 is 0 Å². The van der Waals surface area contributed by atoms with Gasteiger partial charge in [0.2, 0.25) is 5.91 Å². The van der Waals surface area contributed by atoms with E-state index in [1.807, 2.05) is 4.90 Å². The zero-order valence-electron chi connectivity index (χ0n) is 12.9. The quantitative estimate of drug-likeness (QED) is 0.706. The van der Waals surface area contributed by atoms with E-state index >= 15 is 0 Å². The first kappa shape index (κ1) is 18.9. The Morgan fingerprint density at radius 2 is 2.05 bits per heavy atom. The fourth-order valence-electron chi connectivity index (χ4n) is 2.16. The molecular formula is C16H24ClFN2O2. The number of methoxy groups -OCH3 is 1. The van der Waals surface area contributed by atoms with Crippen LogP contribution in [0.3, 0.4) is 0 Å². The Labute approximate surface area is 137 Å². The van der Waals surface area contributed by atoms with E-state index in [4.69, 9.17) is 4.74 Å². The molecule has 0 atom stereocenters. The van der Waals surface area contributed by atoms with Crippen LogP contribution < -0.4 is 5.32 Å². The number of benzene rings is 1. The van der Waals surface area contributed by atoms with Crippen LogP contribution in [0, 0.1) is 11.7 Å². The number of nitrogens with zero attached hydrogens (tertiary/aromatic N) is 1. The van der Waals surface area contributed by atoms with Gasteiger partial charge in [-0.05, 0) is 36.5 Å². The number of halogens is 2. The second kappa shape index (κ2) is 9.77. The number of rotatable bonds is 9. The molecule has 1 N–H and O–H groups in total. The van der Waals surface area contributed by atoms with Crippen LogP contribution >= 0.6 is 12.4 Å². The molecule has 1 fully saturated rings. The third kappa shape index (κ3) is 6.73. The maximum absolute atomic E-state index is 12.9. The molecule has 1 amide bonds. The summed E-state index contributed by atoms with van der Waals surface area (Å²) in [4.78, 5) is 14.2. The minimum atomic E-state index is -0.250. The summed E-state index contributed by atoms with van der Waals surface area (Å²) in [6.07, 6.45) is 2.40. The molecule has 124 valence electrons. The van der Waals surface area contributed by atoms with E-state index in [2.05, 4.69) is 5.32 Å². The van der Waals surface area contributed by atoms with Gasteiger partial charge < -0.3 is 15.0 Å². The number of ether oxygens (including phenoxy) is 1. The highest BCUT2D eigenvalue weighted by molar-refractivity contribution is 5.85. The molecule has 0 aromatic heterocycles. The normalized spacial score (nSPS) is 13.5. The lowest BCUT2D eigenvalue weighted by molar-refractivity contribution is -0.131. The fourth-order valence-corrected chi connectivity index (χ4v) is 2.16. The molecular weight excluding hydrogens is 307 g/mol. The summed E-state index contributed by atoms with van der Waals surface area (Å²) in [7, 11) is 1.64. The molecule has 1 saturated carbocycles. The fraction of sp³-hybridized carbons (Fsp3) is 0.562. The van der Waals surface area contributed by atoms with Crippen LogP contribution in [0.5, 0.6) is 0 Å². The van der Waals surface area contributed by atoms with Crippen molar-refractivity contribution in [2.24, 2.45) is 5.92 Å². The molecule has 0 aliphatic heterocycles. The first-order valence-electron chi connectivity index (χ1n) is 7.41. The van der Waals surface area contributed by atoms with Crippen molar-refractivity contribution >= 4 is 18.3 Å². The molecule has 22 heavy (non-hydrogen) atoms. The number of carbonyl (C=O) groups is 1. The summed E-state index contributed by atoms with van der Waals surface area (Å²) in [5.74, 6) is 0.468. The number of hydrogen-bond acceptors (Lipinski definition) is 3. The standard InChI is InChI=1S/C16H23FN2O2.ClH/c1-21-9-8-18-10-16(20)19(11-13-2-3-13)12-14-4-6-15(17)7-5-14;/h4-7,13,18H,2-3,8-12H2,1H3;1H. The lowest BCUT2D eigenvalue weighted by Crippen LogP contribution is -2.39. The van der Waals surface area contributed by atoms with E-state index in [1.165, 1.54) is 25.0 Å². The van der Waals surface area contributed by atoms with Gasteiger partial charge in [0.25, 0.3) is 0 Å². The van der Waals surface area contributed by atoms with Crippen LogP contribution in [0.15, 0.2) is 24.3 Å². The average Bonchev–Trinajstić information content (AvgIpc) is 3.29. The third-order valence-electron chi connectivity index (χ3n) is 3.57. The molecule has 0 unspecified atom stereocenters. The SMILES string of the molecule is COCCNCC(=O)N(Cc1ccc(F)cc1)CC1CC1.Cl. The van der Waals surface area contributed by atoms with Gasteiger partial charge in [0.1, 0.15) is 5.82 Å². The van der Waals surface area contributed by atoms with Gasteiger partial charge in [0, 0.05) is 26.7 Å². The molecule has 1 aliphatic carbocycles. The smallest absolute Gasteiger partial charge is 0.236 e. The van der Waals surface area contributed by atoms with Crippen molar-refractivity contribution in [3.8, 4) is 0 Å². The zero-order chi connectivity index (χ0) is 15.1. The van der Waals surface area contributed by atoms with Gasteiger partial charge in [0.15, 0.2) is 0 Å². The highest BCUT2D eigenvalue weighted by Gasteiger charge is 2.26. The molecule has 0 spiro atoms. The maximum atomic E-state index is 12.9. The van der Waals surface area contributed by atoms with Crippen LogP contribution in [-0.2, 0) is 16.1 Å². The summed E-state index contributed by atoms with van der Waals surface area (Å²) in [6.45, 7) is 2.91. The van der Waals surface area contributed by atoms with Gasteiger partial charge in [-0.2, -0.15) is 0 Å². The molecule has 4 nitrogen and oxygen atoms in total. The van der Waals surface area contributed by atoms with Crippen LogP contribution in [0.25, 0.3) is 0 Å². The number of amides is 1. The number of nitrogens with one attached hydrogen (secondary N) is 1. The van der Waals surface area contributed by atoms with Crippen LogP contribution in [-0.4, -0.2) is 44.2 Å². The Morgan fingerprint density at radius 1 is 1.36 bits per heavy atom. The zero-order valence-corrected chi connectivity index (χ0v) is 13.7. The maximum Gasteiger partial charge on any atom is 0.236 e. The van der Waals surface area contributed by atoms with Crippen molar-refractivity contribution in [2.45, 2.75) is 19.4 Å². The Kier molecular flexibility index (Phi) is 8.38. The Bertz CT molecular complexity index is 452. The van der Waals surface area contributed by atoms with Crippen molar-refractivity contribution in [1.29, 1.82) is 0 Å². The molecule has 6 heteroatoms. The minimum Gasteiger partial charge on any atom is -0.383 e. The average molecular weight is 331 g/mol. The highest BCUT2D eigenvalue weighted by atomic mass is 35.5. The van der Waals surface area contributed by atoms with Crippen LogP contribution in [0.1, 0.15) is 18.4 Å². The van der Waals surface area contributed by atoms with Crippen molar-refractivity contribution in [3.63, 3.8) is 0 Å². The van der Waals surface area contributed by atoms with Crippen molar-refractivity contribution < 1.29 is 13.9 Å². The molecule has 0 saturated heterocycles. The monoisotopic (exact) mass is 330 g/mol. The largest absolute Gasteiger partial charge is 0.383 e. The minimum absolute atomic E-state index is 0. The van der Waals surface area contributed by atoms with E-state index in [0.717, 1.165) is 12.1 Å². The molecule has 0 radical (unpaired) electrons. The van der Waals surface area contributed by atoms with Gasteiger partial charge in [-0.15, -0.1) is 12.4 Å². The Morgan fingerprint density at radius 3 is 2.64 bits per heavy atom. The highest BCUT2D eigenvalue weighted by Crippen LogP contribution is 2.30. The first-order valence-corrected chi connectivity index (χ1v) is 7.41. The molecule has 0 heterocycles. The molecule has 1 aliphatic rings. The van der Waals surface area contributed by atoms with E-state index in [-0.39, 0.29) is 24.1 Å². The Balaban J connectivity index is 0.00000242. The van der Waals surface area contributed by atoms with Crippen molar-refractivity contribution in [3.05, 3.63) is 35.6 Å². The first-order chi connectivity index (χ1) is 10.2. The van der Waals surface area contributed by atoms with E-state index in [0.29, 0.717) is 32.2 Å². The number of hydrogen-bond donors (Lipinski definition) is 1. The van der Waals surface area contributed by atoms with Gasteiger partial charge in [-0.25, -0.2) is 4.39 Å². The third-order valence-corrected chi connectivity index (χ3v) is 3.57. The van der Waals surface area contributed by atoms with Gasteiger partial charge in [-0.3, -0.25) is 4.79 Å². The second-order valence-electron chi connectivity index (χ2n) is 5.51. The lowest BCUT2D eigenvalue weighted by atomic mass is 10.2. The summed E-state index contributed by atoms with van der Waals surface area (Å²) < 4.78 is 17.9. The number of carbonyl (C=O) groups excluding carboxylic acids is 1. The van der Waals surface area contributed by atoms with E-state index in [1.54, 1.807) is 19.2 Å².